The number of hydrogen-bond donors (Lipinski definition) is 3. The number of anilines is 1. The lowest BCUT2D eigenvalue weighted by molar-refractivity contribution is -0.142. The summed E-state index contributed by atoms with van der Waals surface area (Å²) in [4.78, 5) is 11.3. The van der Waals surface area contributed by atoms with E-state index in [2.05, 4.69) is 10.5 Å². The van der Waals surface area contributed by atoms with Gasteiger partial charge in [-0.05, 0) is 17.7 Å². The van der Waals surface area contributed by atoms with E-state index in [1.165, 1.54) is 12.1 Å². The number of alkyl halides is 3. The first-order valence-corrected chi connectivity index (χ1v) is 5.72. The Balaban J connectivity index is 2.51. The predicted octanol–water partition coefficient (Wildman–Crippen LogP) is 2.26. The molecule has 8 heteroatoms. The number of oxime groups is 1. The first-order valence-electron chi connectivity index (χ1n) is 5.72. The Labute approximate surface area is 113 Å². The highest BCUT2D eigenvalue weighted by molar-refractivity contribution is 5.90. The third-order valence-corrected chi connectivity index (χ3v) is 2.39. The lowest BCUT2D eigenvalue weighted by Gasteiger charge is -2.08. The number of carbonyl (C=O) groups excluding carboxylic acids is 1. The molecule has 20 heavy (non-hydrogen) atoms. The number of nitrogens with two attached hydrogens (primary N) is 1. The van der Waals surface area contributed by atoms with Crippen molar-refractivity contribution >= 4 is 17.4 Å². The molecule has 5 nitrogen and oxygen atoms in total. The molecule has 0 aliphatic rings. The van der Waals surface area contributed by atoms with Gasteiger partial charge in [-0.3, -0.25) is 4.79 Å². The molecule has 0 fully saturated rings. The number of hydrogen-bond acceptors (Lipinski definition) is 3. The highest BCUT2D eigenvalue weighted by Gasteiger charge is 2.27. The summed E-state index contributed by atoms with van der Waals surface area (Å²) >= 11 is 0. The van der Waals surface area contributed by atoms with E-state index in [0.717, 1.165) is 5.56 Å². The second kappa shape index (κ2) is 6.78. The molecule has 0 unspecified atom stereocenters. The van der Waals surface area contributed by atoms with Crippen LogP contribution in [0, 0.1) is 0 Å². The van der Waals surface area contributed by atoms with Crippen LogP contribution in [0.2, 0.25) is 0 Å². The summed E-state index contributed by atoms with van der Waals surface area (Å²) in [6.07, 6.45) is -5.88. The maximum atomic E-state index is 11.9. The van der Waals surface area contributed by atoms with Crippen LogP contribution >= 0.6 is 0 Å². The number of rotatable bonds is 5. The van der Waals surface area contributed by atoms with Crippen LogP contribution in [0.15, 0.2) is 29.4 Å². The topological polar surface area (TPSA) is 87.7 Å². The lowest BCUT2D eigenvalue weighted by atomic mass is 10.1. The standard InChI is InChI=1S/C12H14F3N3O2/c13-12(14,15)6-5-11(19)17-9-3-1-8(2-4-9)7-10(16)18-20/h1-4,20H,5-7H2,(H2,16,18)(H,17,19). The van der Waals surface area contributed by atoms with E-state index in [-0.39, 0.29) is 12.3 Å². The van der Waals surface area contributed by atoms with Crippen LogP contribution in [0.3, 0.4) is 0 Å². The van der Waals surface area contributed by atoms with Crippen molar-refractivity contribution in [3.63, 3.8) is 0 Å². The average Bonchev–Trinajstić information content (AvgIpc) is 2.38. The fourth-order valence-electron chi connectivity index (χ4n) is 1.43. The Kier molecular flexibility index (Phi) is 5.36. The van der Waals surface area contributed by atoms with Crippen molar-refractivity contribution in [3.05, 3.63) is 29.8 Å². The molecule has 1 rings (SSSR count). The zero-order chi connectivity index (χ0) is 15.2. The van der Waals surface area contributed by atoms with Crippen molar-refractivity contribution in [2.45, 2.75) is 25.4 Å². The Morgan fingerprint density at radius 1 is 1.30 bits per heavy atom. The summed E-state index contributed by atoms with van der Waals surface area (Å²) in [5, 5.41) is 13.6. The molecule has 1 aromatic carbocycles. The van der Waals surface area contributed by atoms with E-state index in [1.807, 2.05) is 0 Å². The summed E-state index contributed by atoms with van der Waals surface area (Å²) in [5.41, 5.74) is 6.46. The predicted molar refractivity (Wildman–Crippen MR) is 67.5 cm³/mol. The highest BCUT2D eigenvalue weighted by atomic mass is 19.4. The van der Waals surface area contributed by atoms with E-state index in [1.54, 1.807) is 12.1 Å². The molecule has 0 saturated heterocycles. The van der Waals surface area contributed by atoms with Crippen LogP contribution in [-0.4, -0.2) is 23.1 Å². The van der Waals surface area contributed by atoms with Gasteiger partial charge in [0.05, 0.1) is 6.42 Å². The molecule has 0 spiro atoms. The zero-order valence-corrected chi connectivity index (χ0v) is 10.4. The number of benzene rings is 1. The summed E-state index contributed by atoms with van der Waals surface area (Å²) in [6, 6.07) is 6.31. The molecule has 0 bridgehead atoms. The van der Waals surface area contributed by atoms with Gasteiger partial charge in [-0.2, -0.15) is 13.2 Å². The van der Waals surface area contributed by atoms with E-state index >= 15 is 0 Å². The third kappa shape index (κ3) is 6.07. The van der Waals surface area contributed by atoms with Crippen molar-refractivity contribution in [3.8, 4) is 0 Å². The van der Waals surface area contributed by atoms with Crippen LogP contribution in [0.4, 0.5) is 18.9 Å². The SMILES string of the molecule is NC(Cc1ccc(NC(=O)CCC(F)(F)F)cc1)=NO. The van der Waals surface area contributed by atoms with Gasteiger partial charge >= 0.3 is 6.18 Å². The fourth-order valence-corrected chi connectivity index (χ4v) is 1.43. The molecule has 1 aromatic rings. The molecule has 0 aliphatic heterocycles. The minimum Gasteiger partial charge on any atom is -0.409 e. The molecular formula is C12H14F3N3O2. The molecule has 0 atom stereocenters. The van der Waals surface area contributed by atoms with Crippen molar-refractivity contribution < 1.29 is 23.2 Å². The second-order valence-corrected chi connectivity index (χ2v) is 4.13. The minimum atomic E-state index is -4.34. The number of amides is 1. The van der Waals surface area contributed by atoms with Crippen molar-refractivity contribution in [1.29, 1.82) is 0 Å². The van der Waals surface area contributed by atoms with Gasteiger partial charge in [-0.15, -0.1) is 0 Å². The van der Waals surface area contributed by atoms with Gasteiger partial charge in [-0.1, -0.05) is 17.3 Å². The number of carbonyl (C=O) groups is 1. The van der Waals surface area contributed by atoms with Crippen LogP contribution in [0.25, 0.3) is 0 Å². The summed E-state index contributed by atoms with van der Waals surface area (Å²) in [6.45, 7) is 0. The molecule has 0 aliphatic carbocycles. The van der Waals surface area contributed by atoms with E-state index in [0.29, 0.717) is 5.69 Å². The molecular weight excluding hydrogens is 275 g/mol. The van der Waals surface area contributed by atoms with Gasteiger partial charge in [0.2, 0.25) is 5.91 Å². The maximum Gasteiger partial charge on any atom is 0.389 e. The quantitative estimate of drug-likeness (QED) is 0.336. The molecule has 0 saturated carbocycles. The average molecular weight is 289 g/mol. The van der Waals surface area contributed by atoms with Gasteiger partial charge in [-0.25, -0.2) is 0 Å². The van der Waals surface area contributed by atoms with Gasteiger partial charge in [0.1, 0.15) is 5.84 Å². The molecule has 0 aromatic heterocycles. The number of amidine groups is 1. The summed E-state index contributed by atoms with van der Waals surface area (Å²) in [7, 11) is 0. The fraction of sp³-hybridized carbons (Fsp3) is 0.333. The number of nitrogens with zero attached hydrogens (tertiary/aromatic N) is 1. The minimum absolute atomic E-state index is 0.0342. The molecule has 1 amide bonds. The van der Waals surface area contributed by atoms with Crippen LogP contribution < -0.4 is 11.1 Å². The monoisotopic (exact) mass is 289 g/mol. The highest BCUT2D eigenvalue weighted by Crippen LogP contribution is 2.21. The van der Waals surface area contributed by atoms with Crippen LogP contribution in [0.1, 0.15) is 18.4 Å². The molecule has 110 valence electrons. The lowest BCUT2D eigenvalue weighted by Crippen LogP contribution is -2.17. The summed E-state index contributed by atoms with van der Waals surface area (Å²) in [5.74, 6) is -0.668. The Hall–Kier alpha value is -2.25. The smallest absolute Gasteiger partial charge is 0.389 e. The van der Waals surface area contributed by atoms with E-state index in [9.17, 15) is 18.0 Å². The normalized spacial score (nSPS) is 12.2. The third-order valence-electron chi connectivity index (χ3n) is 2.39. The van der Waals surface area contributed by atoms with Crippen LogP contribution in [-0.2, 0) is 11.2 Å². The van der Waals surface area contributed by atoms with Gasteiger partial charge in [0.15, 0.2) is 0 Å². The second-order valence-electron chi connectivity index (χ2n) is 4.13. The van der Waals surface area contributed by atoms with Crippen molar-refractivity contribution in [2.75, 3.05) is 5.32 Å². The van der Waals surface area contributed by atoms with Crippen molar-refractivity contribution in [1.82, 2.24) is 0 Å². The Morgan fingerprint density at radius 3 is 2.40 bits per heavy atom. The van der Waals surface area contributed by atoms with Gasteiger partial charge < -0.3 is 16.3 Å². The first kappa shape index (κ1) is 15.8. The Morgan fingerprint density at radius 2 is 1.90 bits per heavy atom. The molecule has 0 radical (unpaired) electrons. The number of nitrogens with one attached hydrogen (secondary N) is 1. The van der Waals surface area contributed by atoms with E-state index in [4.69, 9.17) is 10.9 Å². The zero-order valence-electron chi connectivity index (χ0n) is 10.4. The van der Waals surface area contributed by atoms with Gasteiger partial charge in [0, 0.05) is 18.5 Å². The maximum absolute atomic E-state index is 11.9. The van der Waals surface area contributed by atoms with Gasteiger partial charge in [0.25, 0.3) is 0 Å². The molecule has 4 N–H and O–H groups in total. The van der Waals surface area contributed by atoms with Crippen LogP contribution in [0.5, 0.6) is 0 Å². The molecule has 0 heterocycles. The Bertz CT molecular complexity index is 484. The number of halogens is 3. The summed E-state index contributed by atoms with van der Waals surface area (Å²) < 4.78 is 35.8. The largest absolute Gasteiger partial charge is 0.409 e. The van der Waals surface area contributed by atoms with Crippen molar-refractivity contribution in [2.24, 2.45) is 10.9 Å². The first-order chi connectivity index (χ1) is 9.30. The van der Waals surface area contributed by atoms with E-state index < -0.39 is 24.9 Å².